The smallest absolute Gasteiger partial charge is 0.281 e. The zero-order valence-corrected chi connectivity index (χ0v) is 11.2. The van der Waals surface area contributed by atoms with Gasteiger partial charge in [-0.25, -0.2) is 0 Å². The van der Waals surface area contributed by atoms with Crippen molar-refractivity contribution in [3.05, 3.63) is 0 Å². The zero-order chi connectivity index (χ0) is 12.3. The molecule has 0 aromatic rings. The Balaban J connectivity index is 2.69. The summed E-state index contributed by atoms with van der Waals surface area (Å²) in [7, 11) is -1.66. The number of rotatable bonds is 5. The topological polar surface area (TPSA) is 66.6 Å². The third-order valence-corrected chi connectivity index (χ3v) is 5.17. The molecule has 1 aliphatic rings. The predicted octanol–water partition coefficient (Wildman–Crippen LogP) is 0.242. The lowest BCUT2D eigenvalue weighted by Crippen LogP contribution is -2.44. The van der Waals surface area contributed by atoms with Crippen LogP contribution in [0.25, 0.3) is 0 Å². The molecule has 0 bridgehead atoms. The number of hydrogen-bond acceptors (Lipinski definition) is 3. The van der Waals surface area contributed by atoms with Gasteiger partial charge in [0.2, 0.25) is 0 Å². The van der Waals surface area contributed by atoms with Gasteiger partial charge < -0.3 is 5.73 Å². The van der Waals surface area contributed by atoms with Crippen molar-refractivity contribution in [3.63, 3.8) is 0 Å². The molecule has 96 valence electrons. The fourth-order valence-corrected chi connectivity index (χ4v) is 3.89. The summed E-state index contributed by atoms with van der Waals surface area (Å²) in [5.41, 5.74) is 5.39. The summed E-state index contributed by atoms with van der Waals surface area (Å²) in [6, 6.07) is 0.111. The van der Waals surface area contributed by atoms with E-state index in [1.54, 1.807) is 11.4 Å². The molecule has 5 nitrogen and oxygen atoms in total. The molecule has 0 saturated carbocycles. The van der Waals surface area contributed by atoms with Crippen LogP contribution in [0.15, 0.2) is 0 Å². The van der Waals surface area contributed by atoms with Gasteiger partial charge in [-0.3, -0.25) is 0 Å². The summed E-state index contributed by atoms with van der Waals surface area (Å²) in [5, 5.41) is 0. The van der Waals surface area contributed by atoms with Gasteiger partial charge in [-0.2, -0.15) is 17.0 Å². The highest BCUT2D eigenvalue weighted by Crippen LogP contribution is 2.26. The van der Waals surface area contributed by atoms with Crippen molar-refractivity contribution in [2.24, 2.45) is 11.7 Å². The Morgan fingerprint density at radius 1 is 1.44 bits per heavy atom. The molecule has 0 aliphatic carbocycles. The summed E-state index contributed by atoms with van der Waals surface area (Å²) in [6.07, 6.45) is 1.65. The molecular weight excluding hydrogens is 226 g/mol. The van der Waals surface area contributed by atoms with E-state index in [0.29, 0.717) is 32.0 Å². The molecule has 6 heteroatoms. The van der Waals surface area contributed by atoms with Gasteiger partial charge in [0.05, 0.1) is 0 Å². The van der Waals surface area contributed by atoms with Crippen LogP contribution < -0.4 is 5.73 Å². The first-order valence-electron chi connectivity index (χ1n) is 5.82. The molecule has 0 spiro atoms. The van der Waals surface area contributed by atoms with Crippen molar-refractivity contribution in [3.8, 4) is 0 Å². The van der Waals surface area contributed by atoms with Gasteiger partial charge in [0.15, 0.2) is 0 Å². The van der Waals surface area contributed by atoms with E-state index in [0.717, 1.165) is 6.42 Å². The van der Waals surface area contributed by atoms with Crippen molar-refractivity contribution in [1.82, 2.24) is 8.61 Å². The summed E-state index contributed by atoms with van der Waals surface area (Å²) in [5.74, 6) is 0.452. The average Bonchev–Trinajstić information content (AvgIpc) is 2.54. The Morgan fingerprint density at radius 3 is 2.50 bits per heavy atom. The third kappa shape index (κ3) is 2.94. The van der Waals surface area contributed by atoms with Crippen molar-refractivity contribution in [2.45, 2.75) is 32.7 Å². The maximum atomic E-state index is 12.2. The van der Waals surface area contributed by atoms with E-state index in [1.807, 2.05) is 6.92 Å². The SMILES string of the molecule is CC1CC(C)N(S(=O)(=O)N(C)CCCN)C1. The standard InChI is InChI=1S/C10H23N3O2S/c1-9-7-10(2)13(8-9)16(14,15)12(3)6-4-5-11/h9-10H,4-8,11H2,1-3H3. The Hall–Kier alpha value is -0.170. The van der Waals surface area contributed by atoms with E-state index in [-0.39, 0.29) is 6.04 Å². The lowest BCUT2D eigenvalue weighted by atomic mass is 10.1. The van der Waals surface area contributed by atoms with E-state index in [2.05, 4.69) is 6.92 Å². The van der Waals surface area contributed by atoms with Crippen molar-refractivity contribution in [1.29, 1.82) is 0 Å². The first-order valence-corrected chi connectivity index (χ1v) is 7.22. The van der Waals surface area contributed by atoms with Crippen LogP contribution in [0, 0.1) is 5.92 Å². The largest absolute Gasteiger partial charge is 0.330 e. The third-order valence-electron chi connectivity index (χ3n) is 3.09. The zero-order valence-electron chi connectivity index (χ0n) is 10.4. The Bertz CT molecular complexity index is 318. The number of hydrogen-bond donors (Lipinski definition) is 1. The van der Waals surface area contributed by atoms with Crippen molar-refractivity contribution in [2.75, 3.05) is 26.7 Å². The molecule has 1 rings (SSSR count). The quantitative estimate of drug-likeness (QED) is 0.759. The van der Waals surface area contributed by atoms with E-state index in [1.165, 1.54) is 4.31 Å². The molecule has 2 N–H and O–H groups in total. The monoisotopic (exact) mass is 249 g/mol. The van der Waals surface area contributed by atoms with Gasteiger partial charge in [0.1, 0.15) is 0 Å². The van der Waals surface area contributed by atoms with Crippen LogP contribution in [0.3, 0.4) is 0 Å². The Morgan fingerprint density at radius 2 is 2.06 bits per heavy atom. The number of nitrogens with zero attached hydrogens (tertiary/aromatic N) is 2. The average molecular weight is 249 g/mol. The van der Waals surface area contributed by atoms with Crippen LogP contribution >= 0.6 is 0 Å². The number of nitrogens with two attached hydrogens (primary N) is 1. The van der Waals surface area contributed by atoms with Gasteiger partial charge in [-0.15, -0.1) is 0 Å². The lowest BCUT2D eigenvalue weighted by Gasteiger charge is -2.27. The van der Waals surface area contributed by atoms with Crippen LogP contribution in [0.1, 0.15) is 26.7 Å². The van der Waals surface area contributed by atoms with Crippen LogP contribution in [-0.2, 0) is 10.2 Å². The first kappa shape index (κ1) is 13.9. The summed E-state index contributed by atoms with van der Waals surface area (Å²) >= 11 is 0. The fourth-order valence-electron chi connectivity index (χ4n) is 2.19. The molecule has 0 aromatic heterocycles. The molecule has 2 atom stereocenters. The molecular formula is C10H23N3O2S. The van der Waals surface area contributed by atoms with Crippen LogP contribution in [0.5, 0.6) is 0 Å². The maximum absolute atomic E-state index is 12.2. The Labute approximate surface area is 98.8 Å². The highest BCUT2D eigenvalue weighted by molar-refractivity contribution is 7.86. The molecule has 1 aliphatic heterocycles. The van der Waals surface area contributed by atoms with E-state index in [9.17, 15) is 8.42 Å². The van der Waals surface area contributed by atoms with Gasteiger partial charge >= 0.3 is 0 Å². The van der Waals surface area contributed by atoms with Crippen LogP contribution in [-0.4, -0.2) is 49.8 Å². The minimum Gasteiger partial charge on any atom is -0.330 e. The highest BCUT2D eigenvalue weighted by atomic mass is 32.2. The van der Waals surface area contributed by atoms with Gasteiger partial charge in [-0.05, 0) is 32.2 Å². The summed E-state index contributed by atoms with van der Waals surface area (Å²) in [4.78, 5) is 0. The minimum absolute atomic E-state index is 0.111. The second kappa shape index (κ2) is 5.44. The van der Waals surface area contributed by atoms with Crippen LogP contribution in [0.2, 0.25) is 0 Å². The minimum atomic E-state index is -3.28. The van der Waals surface area contributed by atoms with Crippen LogP contribution in [0.4, 0.5) is 0 Å². The molecule has 1 fully saturated rings. The maximum Gasteiger partial charge on any atom is 0.281 e. The first-order chi connectivity index (χ1) is 7.39. The Kier molecular flexibility index (Phi) is 4.73. The molecule has 0 radical (unpaired) electrons. The second-order valence-corrected chi connectivity index (χ2v) is 6.72. The molecule has 1 heterocycles. The van der Waals surface area contributed by atoms with E-state index < -0.39 is 10.2 Å². The molecule has 2 unspecified atom stereocenters. The highest BCUT2D eigenvalue weighted by Gasteiger charge is 2.37. The van der Waals surface area contributed by atoms with E-state index >= 15 is 0 Å². The normalized spacial score (nSPS) is 27.8. The predicted molar refractivity (Wildman–Crippen MR) is 65.2 cm³/mol. The fraction of sp³-hybridized carbons (Fsp3) is 1.00. The van der Waals surface area contributed by atoms with Crippen molar-refractivity contribution < 1.29 is 8.42 Å². The molecule has 0 aromatic carbocycles. The summed E-state index contributed by atoms with van der Waals surface area (Å²) in [6.45, 7) is 5.71. The molecule has 1 saturated heterocycles. The van der Waals surface area contributed by atoms with Gasteiger partial charge in [0, 0.05) is 26.2 Å². The molecule has 0 amide bonds. The van der Waals surface area contributed by atoms with E-state index in [4.69, 9.17) is 5.73 Å². The molecule has 16 heavy (non-hydrogen) atoms. The summed E-state index contributed by atoms with van der Waals surface area (Å²) < 4.78 is 27.4. The van der Waals surface area contributed by atoms with Gasteiger partial charge in [0.25, 0.3) is 10.2 Å². The van der Waals surface area contributed by atoms with Gasteiger partial charge in [-0.1, -0.05) is 6.92 Å². The second-order valence-electron chi connectivity index (χ2n) is 4.73. The van der Waals surface area contributed by atoms with Crippen molar-refractivity contribution >= 4 is 10.2 Å². The lowest BCUT2D eigenvalue weighted by molar-refractivity contribution is 0.352.